The molecular formula is C17H14FN3O4S. The fourth-order valence-corrected chi connectivity index (χ4v) is 3.37. The van der Waals surface area contributed by atoms with Crippen molar-refractivity contribution in [1.82, 2.24) is 15.5 Å². The van der Waals surface area contributed by atoms with Gasteiger partial charge in [-0.05, 0) is 18.2 Å². The molecule has 1 N–H and O–H groups in total. The third kappa shape index (κ3) is 4.12. The SMILES string of the molecule is O=C(NCc1ccccc1F)c1nc(CS(=O)(=O)c2ccccc2)no1. The van der Waals surface area contributed by atoms with Gasteiger partial charge in [-0.2, -0.15) is 4.98 Å². The van der Waals surface area contributed by atoms with Crippen LogP contribution in [0.25, 0.3) is 0 Å². The predicted octanol–water partition coefficient (Wildman–Crippen LogP) is 2.11. The lowest BCUT2D eigenvalue weighted by Crippen LogP contribution is -2.23. The molecule has 0 unspecified atom stereocenters. The van der Waals surface area contributed by atoms with Crippen LogP contribution in [0.4, 0.5) is 4.39 Å². The Kier molecular flexibility index (Phi) is 5.08. The minimum absolute atomic E-state index is 0.0640. The van der Waals surface area contributed by atoms with Crippen molar-refractivity contribution in [3.8, 4) is 0 Å². The molecule has 0 fully saturated rings. The van der Waals surface area contributed by atoms with Gasteiger partial charge in [0.2, 0.25) is 0 Å². The minimum Gasteiger partial charge on any atom is -0.344 e. The highest BCUT2D eigenvalue weighted by Crippen LogP contribution is 2.14. The number of nitrogens with one attached hydrogen (secondary N) is 1. The van der Waals surface area contributed by atoms with Gasteiger partial charge in [0.15, 0.2) is 15.7 Å². The lowest BCUT2D eigenvalue weighted by Gasteiger charge is -2.03. The van der Waals surface area contributed by atoms with Crippen molar-refractivity contribution in [2.45, 2.75) is 17.2 Å². The molecule has 0 bridgehead atoms. The number of benzene rings is 2. The molecule has 0 spiro atoms. The van der Waals surface area contributed by atoms with Gasteiger partial charge in [0.1, 0.15) is 11.6 Å². The van der Waals surface area contributed by atoms with Gasteiger partial charge in [-0.25, -0.2) is 12.8 Å². The van der Waals surface area contributed by atoms with Crippen molar-refractivity contribution < 1.29 is 22.1 Å². The normalized spacial score (nSPS) is 11.3. The Balaban J connectivity index is 1.66. The second-order valence-corrected chi connectivity index (χ2v) is 7.35. The van der Waals surface area contributed by atoms with Crippen molar-refractivity contribution in [3.05, 3.63) is 77.7 Å². The van der Waals surface area contributed by atoms with Crippen LogP contribution < -0.4 is 5.32 Å². The minimum atomic E-state index is -3.65. The molecule has 0 atom stereocenters. The van der Waals surface area contributed by atoms with Crippen LogP contribution in [0.1, 0.15) is 22.1 Å². The number of carbonyl (C=O) groups is 1. The molecule has 0 saturated heterocycles. The molecule has 0 radical (unpaired) electrons. The molecule has 9 heteroatoms. The zero-order valence-corrected chi connectivity index (χ0v) is 14.2. The fourth-order valence-electron chi connectivity index (χ4n) is 2.18. The topological polar surface area (TPSA) is 102 Å². The van der Waals surface area contributed by atoms with Crippen LogP contribution in [-0.4, -0.2) is 24.5 Å². The average Bonchev–Trinajstić information content (AvgIpc) is 3.09. The summed E-state index contributed by atoms with van der Waals surface area (Å²) in [5, 5.41) is 5.96. The molecule has 1 heterocycles. The first-order chi connectivity index (χ1) is 12.5. The molecule has 0 saturated carbocycles. The van der Waals surface area contributed by atoms with Crippen molar-refractivity contribution >= 4 is 15.7 Å². The monoisotopic (exact) mass is 375 g/mol. The first kappa shape index (κ1) is 17.7. The molecule has 3 rings (SSSR count). The summed E-state index contributed by atoms with van der Waals surface area (Å²) in [6.45, 7) is -0.0640. The summed E-state index contributed by atoms with van der Waals surface area (Å²) in [4.78, 5) is 15.9. The van der Waals surface area contributed by atoms with Crippen LogP contribution in [0.15, 0.2) is 64.0 Å². The van der Waals surface area contributed by atoms with Crippen LogP contribution in [0.3, 0.4) is 0 Å². The molecule has 26 heavy (non-hydrogen) atoms. The van der Waals surface area contributed by atoms with Gasteiger partial charge >= 0.3 is 11.8 Å². The van der Waals surface area contributed by atoms with E-state index in [0.29, 0.717) is 5.56 Å². The molecular weight excluding hydrogens is 361 g/mol. The van der Waals surface area contributed by atoms with Gasteiger partial charge in [0.25, 0.3) is 0 Å². The number of nitrogens with zero attached hydrogens (tertiary/aromatic N) is 2. The number of sulfone groups is 1. The maximum absolute atomic E-state index is 13.5. The summed E-state index contributed by atoms with van der Waals surface area (Å²) < 4.78 is 42.8. The quantitative estimate of drug-likeness (QED) is 0.708. The van der Waals surface area contributed by atoms with Gasteiger partial charge in [0.05, 0.1) is 4.90 Å². The van der Waals surface area contributed by atoms with E-state index < -0.39 is 27.3 Å². The maximum Gasteiger partial charge on any atom is 0.315 e. The highest BCUT2D eigenvalue weighted by molar-refractivity contribution is 7.90. The Morgan fingerprint density at radius 2 is 1.77 bits per heavy atom. The Morgan fingerprint density at radius 3 is 2.50 bits per heavy atom. The number of rotatable bonds is 6. The van der Waals surface area contributed by atoms with E-state index in [1.807, 2.05) is 0 Å². The molecule has 1 aromatic heterocycles. The maximum atomic E-state index is 13.5. The van der Waals surface area contributed by atoms with Crippen LogP contribution in [0.2, 0.25) is 0 Å². The summed E-state index contributed by atoms with van der Waals surface area (Å²) in [6, 6.07) is 13.8. The Hall–Kier alpha value is -3.07. The van der Waals surface area contributed by atoms with E-state index in [1.54, 1.807) is 24.3 Å². The van der Waals surface area contributed by atoms with Crippen LogP contribution >= 0.6 is 0 Å². The van der Waals surface area contributed by atoms with Gasteiger partial charge in [0, 0.05) is 12.1 Å². The van der Waals surface area contributed by atoms with Crippen molar-refractivity contribution in [3.63, 3.8) is 0 Å². The highest BCUT2D eigenvalue weighted by atomic mass is 32.2. The summed E-state index contributed by atoms with van der Waals surface area (Å²) in [5.74, 6) is -2.19. The second kappa shape index (κ2) is 7.44. The Morgan fingerprint density at radius 1 is 1.08 bits per heavy atom. The summed E-state index contributed by atoms with van der Waals surface area (Å²) in [7, 11) is -3.65. The van der Waals surface area contributed by atoms with E-state index in [1.165, 1.54) is 30.3 Å². The van der Waals surface area contributed by atoms with Crippen molar-refractivity contribution in [2.75, 3.05) is 0 Å². The number of amides is 1. The molecule has 1 amide bonds. The first-order valence-electron chi connectivity index (χ1n) is 7.58. The molecule has 2 aromatic carbocycles. The van der Waals surface area contributed by atoms with E-state index in [0.717, 1.165) is 0 Å². The van der Waals surface area contributed by atoms with Crippen molar-refractivity contribution in [2.24, 2.45) is 0 Å². The van der Waals surface area contributed by atoms with Gasteiger partial charge in [-0.3, -0.25) is 4.79 Å². The lowest BCUT2D eigenvalue weighted by molar-refractivity contribution is 0.0906. The first-order valence-corrected chi connectivity index (χ1v) is 9.23. The third-order valence-electron chi connectivity index (χ3n) is 3.48. The number of carbonyl (C=O) groups excluding carboxylic acids is 1. The standard InChI is InChI=1S/C17H14FN3O4S/c18-14-9-5-4-6-12(14)10-19-16(22)17-20-15(21-25-17)11-26(23,24)13-7-2-1-3-8-13/h1-9H,10-11H2,(H,19,22). The zero-order chi connectivity index (χ0) is 18.6. The number of halogens is 1. The van der Waals surface area contributed by atoms with Gasteiger partial charge in [-0.1, -0.05) is 41.6 Å². The van der Waals surface area contributed by atoms with Crippen molar-refractivity contribution in [1.29, 1.82) is 0 Å². The molecule has 134 valence electrons. The Labute approximate surface area is 148 Å². The molecule has 0 aliphatic carbocycles. The third-order valence-corrected chi connectivity index (χ3v) is 5.11. The van der Waals surface area contributed by atoms with E-state index in [2.05, 4.69) is 15.5 Å². The average molecular weight is 375 g/mol. The highest BCUT2D eigenvalue weighted by Gasteiger charge is 2.21. The summed E-state index contributed by atoms with van der Waals surface area (Å²) in [6.07, 6.45) is 0. The van der Waals surface area contributed by atoms with E-state index in [4.69, 9.17) is 4.52 Å². The Bertz CT molecular complexity index is 1020. The van der Waals surface area contributed by atoms with E-state index in [9.17, 15) is 17.6 Å². The molecule has 3 aromatic rings. The van der Waals surface area contributed by atoms with Crippen LogP contribution in [-0.2, 0) is 22.1 Å². The van der Waals surface area contributed by atoms with Gasteiger partial charge in [-0.15, -0.1) is 0 Å². The largest absolute Gasteiger partial charge is 0.344 e. The smallest absolute Gasteiger partial charge is 0.315 e. The predicted molar refractivity (Wildman–Crippen MR) is 89.2 cm³/mol. The second-order valence-electron chi connectivity index (χ2n) is 5.36. The number of hydrogen-bond donors (Lipinski definition) is 1. The zero-order valence-electron chi connectivity index (χ0n) is 13.4. The van der Waals surface area contributed by atoms with Gasteiger partial charge < -0.3 is 9.84 Å². The number of aromatic nitrogens is 2. The summed E-state index contributed by atoms with van der Waals surface area (Å²) in [5.41, 5.74) is 0.298. The van der Waals surface area contributed by atoms with E-state index >= 15 is 0 Å². The fraction of sp³-hybridized carbons (Fsp3) is 0.118. The molecule has 0 aliphatic rings. The van der Waals surface area contributed by atoms with Crippen LogP contribution in [0.5, 0.6) is 0 Å². The van der Waals surface area contributed by atoms with E-state index in [-0.39, 0.29) is 23.2 Å². The number of hydrogen-bond acceptors (Lipinski definition) is 6. The molecule has 7 nitrogen and oxygen atoms in total. The summed E-state index contributed by atoms with van der Waals surface area (Å²) >= 11 is 0. The van der Waals surface area contributed by atoms with Crippen LogP contribution in [0, 0.1) is 5.82 Å². The lowest BCUT2D eigenvalue weighted by atomic mass is 10.2. The molecule has 0 aliphatic heterocycles.